The summed E-state index contributed by atoms with van der Waals surface area (Å²) in [7, 11) is 0.0173. The Morgan fingerprint density at radius 1 is 1.19 bits per heavy atom. The zero-order valence-electron chi connectivity index (χ0n) is 20.3. The average molecular weight is 541 g/mol. The number of methoxy groups -OCH3 is 1. The van der Waals surface area contributed by atoms with Crippen molar-refractivity contribution in [1.82, 2.24) is 9.97 Å². The Labute approximate surface area is 222 Å². The summed E-state index contributed by atoms with van der Waals surface area (Å²) in [5.74, 6) is 0.467. The number of fused-ring (bicyclic) bond motifs is 1. The number of hydrogen-bond acceptors (Lipinski definition) is 7. The zero-order valence-corrected chi connectivity index (χ0v) is 21.9. The maximum absolute atomic E-state index is 14.9. The van der Waals surface area contributed by atoms with Crippen LogP contribution in [0, 0.1) is 5.82 Å². The largest absolute Gasteiger partial charge is 0.469 e. The van der Waals surface area contributed by atoms with E-state index in [2.05, 4.69) is 21.0 Å². The van der Waals surface area contributed by atoms with E-state index < -0.39 is 22.6 Å². The number of esters is 1. The van der Waals surface area contributed by atoms with Crippen molar-refractivity contribution < 1.29 is 18.1 Å². The van der Waals surface area contributed by atoms with Crippen LogP contribution in [0.3, 0.4) is 0 Å². The van der Waals surface area contributed by atoms with Crippen LogP contribution in [0.15, 0.2) is 53.4 Å². The lowest BCUT2D eigenvalue weighted by atomic mass is 10.1. The summed E-state index contributed by atoms with van der Waals surface area (Å²) in [5.41, 5.74) is 3.52. The molecule has 5 rings (SSSR count). The Balaban J connectivity index is 1.43. The lowest BCUT2D eigenvalue weighted by Crippen LogP contribution is -2.28. The smallest absolute Gasteiger partial charge is 0.309 e. The highest BCUT2D eigenvalue weighted by Crippen LogP contribution is 2.33. The van der Waals surface area contributed by atoms with Gasteiger partial charge < -0.3 is 15.0 Å². The normalized spacial score (nSPS) is 17.1. The van der Waals surface area contributed by atoms with Crippen molar-refractivity contribution in [3.8, 4) is 0 Å². The zero-order chi connectivity index (χ0) is 25.9. The second-order valence-corrected chi connectivity index (χ2v) is 10.9. The number of halogens is 2. The molecule has 10 heteroatoms. The van der Waals surface area contributed by atoms with E-state index in [4.69, 9.17) is 21.6 Å². The molecule has 2 aliphatic rings. The molecule has 0 radical (unpaired) electrons. The van der Waals surface area contributed by atoms with Gasteiger partial charge in [-0.15, -0.1) is 0 Å². The summed E-state index contributed by atoms with van der Waals surface area (Å²) in [6.45, 7) is 1.49. The van der Waals surface area contributed by atoms with E-state index in [0.717, 1.165) is 36.3 Å². The Kier molecular flexibility index (Phi) is 7.53. The van der Waals surface area contributed by atoms with Gasteiger partial charge in [-0.1, -0.05) is 23.7 Å². The first-order chi connectivity index (χ1) is 17.9. The number of ether oxygens (including phenoxy) is 1. The van der Waals surface area contributed by atoms with Gasteiger partial charge in [0, 0.05) is 29.6 Å². The van der Waals surface area contributed by atoms with Gasteiger partial charge in [0.1, 0.15) is 10.7 Å². The first-order valence-corrected chi connectivity index (χ1v) is 13.7. The third kappa shape index (κ3) is 5.67. The van der Waals surface area contributed by atoms with E-state index >= 15 is 0 Å². The minimum absolute atomic E-state index is 0.0219. The molecule has 0 aliphatic carbocycles. The van der Waals surface area contributed by atoms with Gasteiger partial charge in [-0.05, 0) is 66.8 Å². The van der Waals surface area contributed by atoms with Crippen molar-refractivity contribution >= 4 is 51.1 Å². The van der Waals surface area contributed by atoms with Crippen molar-refractivity contribution in [3.05, 3.63) is 76.5 Å². The quantitative estimate of drug-likeness (QED) is 0.437. The van der Waals surface area contributed by atoms with Crippen molar-refractivity contribution in [2.75, 3.05) is 36.2 Å². The topological polar surface area (TPSA) is 84.4 Å². The van der Waals surface area contributed by atoms with Crippen LogP contribution in [-0.4, -0.2) is 46.1 Å². The van der Waals surface area contributed by atoms with Gasteiger partial charge >= 0.3 is 5.97 Å². The second-order valence-electron chi connectivity index (χ2n) is 8.92. The van der Waals surface area contributed by atoms with Gasteiger partial charge in [0.25, 0.3) is 0 Å². The predicted molar refractivity (Wildman–Crippen MR) is 143 cm³/mol. The molecule has 0 bridgehead atoms. The fourth-order valence-corrected chi connectivity index (χ4v) is 5.96. The van der Waals surface area contributed by atoms with Crippen LogP contribution in [0.2, 0.25) is 5.02 Å². The highest BCUT2D eigenvalue weighted by Gasteiger charge is 2.26. The molecule has 0 spiro atoms. The Hall–Kier alpha value is -3.30. The maximum Gasteiger partial charge on any atom is 0.309 e. The monoisotopic (exact) mass is 540 g/mol. The standard InChI is InChI=1S/C27H26ClFN4O3S/c1-36-24(34)16-17-4-9-22(21(29)15-17)30-27-25-23(3-2-14-37(25)35)31-26(32-27)18-10-12-33(13-11-18)20-7-5-19(28)6-8-20/h4-10,15H,2-3,11-14,16H2,1H3,(H,30,31,32)/t37-/m1/s1. The van der Waals surface area contributed by atoms with Gasteiger partial charge in [-0.25, -0.2) is 14.4 Å². The van der Waals surface area contributed by atoms with Crippen LogP contribution in [-0.2, 0) is 33.2 Å². The summed E-state index contributed by atoms with van der Waals surface area (Å²) in [6.07, 6.45) is 4.28. The number of rotatable bonds is 6. The molecule has 3 heterocycles. The van der Waals surface area contributed by atoms with E-state index in [1.807, 2.05) is 24.3 Å². The number of carbonyl (C=O) groups is 1. The molecule has 37 heavy (non-hydrogen) atoms. The Morgan fingerprint density at radius 3 is 2.70 bits per heavy atom. The van der Waals surface area contributed by atoms with Crippen LogP contribution < -0.4 is 10.2 Å². The number of benzene rings is 2. The van der Waals surface area contributed by atoms with Crippen molar-refractivity contribution in [3.63, 3.8) is 0 Å². The summed E-state index contributed by atoms with van der Waals surface area (Å²) in [5, 5.41) is 3.76. The number of anilines is 3. The van der Waals surface area contributed by atoms with E-state index in [1.165, 1.54) is 13.2 Å². The van der Waals surface area contributed by atoms with Gasteiger partial charge in [0.15, 0.2) is 11.6 Å². The highest BCUT2D eigenvalue weighted by atomic mass is 35.5. The lowest BCUT2D eigenvalue weighted by Gasteiger charge is -2.28. The Bertz CT molecular complexity index is 1400. The number of carbonyl (C=O) groups excluding carboxylic acids is 1. The van der Waals surface area contributed by atoms with Crippen molar-refractivity contribution in [1.29, 1.82) is 0 Å². The molecule has 2 aromatic carbocycles. The molecule has 1 aromatic heterocycles. The number of aryl methyl sites for hydroxylation is 1. The third-order valence-electron chi connectivity index (χ3n) is 6.46. The fraction of sp³-hybridized carbons (Fsp3) is 0.296. The number of aromatic nitrogens is 2. The fourth-order valence-electron chi connectivity index (χ4n) is 4.50. The van der Waals surface area contributed by atoms with Crippen LogP contribution in [0.1, 0.15) is 29.9 Å². The molecule has 192 valence electrons. The van der Waals surface area contributed by atoms with Crippen LogP contribution in [0.4, 0.5) is 21.6 Å². The predicted octanol–water partition coefficient (Wildman–Crippen LogP) is 5.08. The average Bonchev–Trinajstić information content (AvgIpc) is 2.90. The van der Waals surface area contributed by atoms with Gasteiger partial charge in [0.05, 0.1) is 35.7 Å². The minimum Gasteiger partial charge on any atom is -0.469 e. The summed E-state index contributed by atoms with van der Waals surface area (Å²) in [4.78, 5) is 23.8. The van der Waals surface area contributed by atoms with E-state index in [0.29, 0.717) is 45.8 Å². The van der Waals surface area contributed by atoms with Crippen LogP contribution in [0.25, 0.3) is 5.57 Å². The molecule has 3 aromatic rings. The first-order valence-electron chi connectivity index (χ1n) is 12.0. The minimum atomic E-state index is -1.28. The van der Waals surface area contributed by atoms with Crippen molar-refractivity contribution in [2.45, 2.75) is 30.6 Å². The van der Waals surface area contributed by atoms with Crippen molar-refractivity contribution in [2.24, 2.45) is 0 Å². The van der Waals surface area contributed by atoms with Crippen LogP contribution >= 0.6 is 11.6 Å². The molecular weight excluding hydrogens is 515 g/mol. The molecule has 7 nitrogen and oxygen atoms in total. The third-order valence-corrected chi connectivity index (χ3v) is 8.25. The maximum atomic E-state index is 14.9. The first kappa shape index (κ1) is 25.4. The van der Waals surface area contributed by atoms with Gasteiger partial charge in [-0.2, -0.15) is 0 Å². The summed E-state index contributed by atoms with van der Waals surface area (Å²) < 4.78 is 32.5. The van der Waals surface area contributed by atoms with E-state index in [-0.39, 0.29) is 12.1 Å². The van der Waals surface area contributed by atoms with E-state index in [9.17, 15) is 13.4 Å². The number of hydrogen-bond donors (Lipinski definition) is 1. The summed E-state index contributed by atoms with van der Waals surface area (Å²) in [6, 6.07) is 12.3. The van der Waals surface area contributed by atoms with Gasteiger partial charge in [-0.3, -0.25) is 9.00 Å². The molecule has 1 atom stereocenters. The molecule has 0 unspecified atom stereocenters. The number of nitrogens with one attached hydrogen (secondary N) is 1. The molecule has 2 aliphatic heterocycles. The molecular formula is C27H26ClFN4O3S. The SMILES string of the molecule is COC(=O)Cc1ccc(Nc2nc(C3=CCN(c4ccc(Cl)cc4)CC3)nc3c2[S@](=O)CCC3)c(F)c1. The second kappa shape index (κ2) is 11.0. The molecule has 0 saturated heterocycles. The van der Waals surface area contributed by atoms with Crippen LogP contribution in [0.5, 0.6) is 0 Å². The molecule has 0 amide bonds. The summed E-state index contributed by atoms with van der Waals surface area (Å²) >= 11 is 6.02. The Morgan fingerprint density at radius 2 is 2.00 bits per heavy atom. The highest BCUT2D eigenvalue weighted by molar-refractivity contribution is 7.85. The lowest BCUT2D eigenvalue weighted by molar-refractivity contribution is -0.139. The van der Waals surface area contributed by atoms with E-state index in [1.54, 1.807) is 12.1 Å². The molecule has 0 fully saturated rings. The molecule has 1 N–H and O–H groups in total. The molecule has 0 saturated carbocycles. The van der Waals surface area contributed by atoms with Gasteiger partial charge in [0.2, 0.25) is 0 Å². The number of nitrogens with zero attached hydrogens (tertiary/aromatic N) is 3.